The number of hydrogen-bond acceptors (Lipinski definition) is 3. The number of rotatable bonds is 3. The molecular formula is C22H17ClO4. The van der Waals surface area contributed by atoms with Gasteiger partial charge in [0.2, 0.25) is 0 Å². The lowest BCUT2D eigenvalue weighted by molar-refractivity contribution is -0.152. The number of carbonyl (C=O) groups is 2. The lowest BCUT2D eigenvalue weighted by Gasteiger charge is -2.24. The molecule has 2 atom stereocenters. The number of carboxylic acids is 1. The molecule has 3 aromatic rings. The maximum atomic E-state index is 12.9. The maximum absolute atomic E-state index is 12.9. The van der Waals surface area contributed by atoms with Crippen molar-refractivity contribution in [1.29, 1.82) is 0 Å². The van der Waals surface area contributed by atoms with Gasteiger partial charge in [-0.3, -0.25) is 9.59 Å². The minimum Gasteiger partial charge on any atom is -0.481 e. The molecule has 0 amide bonds. The second-order valence-electron chi connectivity index (χ2n) is 6.68. The highest BCUT2D eigenvalue weighted by Crippen LogP contribution is 2.39. The summed E-state index contributed by atoms with van der Waals surface area (Å²) < 4.78 is 5.82. The number of allylic oxidation sites excluding steroid dienone is 2. The molecule has 2 unspecified atom stereocenters. The van der Waals surface area contributed by atoms with Crippen LogP contribution in [-0.4, -0.2) is 17.0 Å². The number of halogens is 1. The molecule has 4 rings (SSSR count). The highest BCUT2D eigenvalue weighted by atomic mass is 35.5. The van der Waals surface area contributed by atoms with E-state index in [2.05, 4.69) is 0 Å². The summed E-state index contributed by atoms with van der Waals surface area (Å²) in [4.78, 5) is 24.4. The number of carbonyl (C=O) groups excluding carboxylic acids is 1. The van der Waals surface area contributed by atoms with Gasteiger partial charge in [0.15, 0.2) is 0 Å². The first kappa shape index (κ1) is 17.6. The van der Waals surface area contributed by atoms with Gasteiger partial charge < -0.3 is 9.84 Å². The fourth-order valence-electron chi connectivity index (χ4n) is 3.65. The second-order valence-corrected chi connectivity index (χ2v) is 7.08. The molecule has 136 valence electrons. The molecule has 0 saturated carbocycles. The molecule has 0 spiro atoms. The first-order valence-corrected chi connectivity index (χ1v) is 9.13. The summed E-state index contributed by atoms with van der Waals surface area (Å²) >= 11 is 6.35. The van der Waals surface area contributed by atoms with Crippen molar-refractivity contribution in [2.45, 2.75) is 12.8 Å². The molecule has 0 radical (unpaired) electrons. The lowest BCUT2D eigenvalue weighted by atomic mass is 9.83. The average Bonchev–Trinajstić information content (AvgIpc) is 2.68. The van der Waals surface area contributed by atoms with Crippen LogP contribution in [0.15, 0.2) is 60.7 Å². The Hall–Kier alpha value is -2.85. The molecule has 27 heavy (non-hydrogen) atoms. The van der Waals surface area contributed by atoms with E-state index in [0.717, 1.165) is 21.5 Å². The summed E-state index contributed by atoms with van der Waals surface area (Å²) in [7, 11) is 0. The van der Waals surface area contributed by atoms with Gasteiger partial charge in [-0.2, -0.15) is 0 Å². The van der Waals surface area contributed by atoms with Crippen LogP contribution in [0.5, 0.6) is 5.75 Å². The highest BCUT2D eigenvalue weighted by molar-refractivity contribution is 6.36. The second kappa shape index (κ2) is 7.05. The smallest absolute Gasteiger partial charge is 0.315 e. The van der Waals surface area contributed by atoms with E-state index >= 15 is 0 Å². The van der Waals surface area contributed by atoms with Crippen molar-refractivity contribution < 1.29 is 19.4 Å². The average molecular weight is 381 g/mol. The van der Waals surface area contributed by atoms with E-state index in [1.165, 1.54) is 0 Å². The molecule has 0 bridgehead atoms. The van der Waals surface area contributed by atoms with E-state index in [1.54, 1.807) is 18.2 Å². The largest absolute Gasteiger partial charge is 0.481 e. The van der Waals surface area contributed by atoms with E-state index in [1.807, 2.05) is 42.5 Å². The van der Waals surface area contributed by atoms with Crippen molar-refractivity contribution in [3.63, 3.8) is 0 Å². The third kappa shape index (κ3) is 3.17. The summed E-state index contributed by atoms with van der Waals surface area (Å²) in [5, 5.41) is 13.2. The molecule has 0 fully saturated rings. The molecule has 1 aliphatic rings. The number of aliphatic carboxylic acids is 1. The van der Waals surface area contributed by atoms with Crippen LogP contribution in [0.2, 0.25) is 5.02 Å². The zero-order valence-electron chi connectivity index (χ0n) is 14.4. The predicted octanol–water partition coefficient (Wildman–Crippen LogP) is 5.22. The minimum atomic E-state index is -0.980. The summed E-state index contributed by atoms with van der Waals surface area (Å²) in [5.41, 5.74) is 0. The Labute approximate surface area is 161 Å². The third-order valence-corrected chi connectivity index (χ3v) is 5.39. The Morgan fingerprint density at radius 1 is 0.926 bits per heavy atom. The van der Waals surface area contributed by atoms with Crippen molar-refractivity contribution in [2.75, 3.05) is 0 Å². The number of ether oxygens (including phenoxy) is 1. The lowest BCUT2D eigenvalue weighted by Crippen LogP contribution is -2.33. The molecule has 0 aliphatic heterocycles. The SMILES string of the molecule is O=C(O)C1CC=CCC1C(=O)Oc1c2ccccc2cc2c(Cl)cccc12. The fraction of sp³-hybridized carbons (Fsp3) is 0.182. The van der Waals surface area contributed by atoms with Gasteiger partial charge in [0.1, 0.15) is 5.75 Å². The Morgan fingerprint density at radius 3 is 2.41 bits per heavy atom. The van der Waals surface area contributed by atoms with Crippen molar-refractivity contribution in [1.82, 2.24) is 0 Å². The van der Waals surface area contributed by atoms with Crippen LogP contribution < -0.4 is 4.74 Å². The molecule has 0 heterocycles. The summed E-state index contributed by atoms with van der Waals surface area (Å²) in [6.07, 6.45) is 4.33. The molecule has 0 saturated heterocycles. The number of esters is 1. The van der Waals surface area contributed by atoms with E-state index in [9.17, 15) is 14.7 Å². The maximum Gasteiger partial charge on any atom is 0.315 e. The Kier molecular flexibility index (Phi) is 4.58. The first-order chi connectivity index (χ1) is 13.1. The van der Waals surface area contributed by atoms with Crippen LogP contribution in [0.3, 0.4) is 0 Å². The quantitative estimate of drug-likeness (QED) is 0.293. The van der Waals surface area contributed by atoms with Gasteiger partial charge >= 0.3 is 11.9 Å². The zero-order chi connectivity index (χ0) is 19.0. The Morgan fingerprint density at radius 2 is 1.63 bits per heavy atom. The van der Waals surface area contributed by atoms with Crippen LogP contribution in [0.4, 0.5) is 0 Å². The summed E-state index contributed by atoms with van der Waals surface area (Å²) in [6, 6.07) is 15.0. The third-order valence-electron chi connectivity index (χ3n) is 5.06. The summed E-state index contributed by atoms with van der Waals surface area (Å²) in [5.74, 6) is -2.56. The molecule has 4 nitrogen and oxygen atoms in total. The Balaban J connectivity index is 1.82. The van der Waals surface area contributed by atoms with Gasteiger partial charge in [0.25, 0.3) is 0 Å². The Bertz CT molecular complexity index is 1090. The van der Waals surface area contributed by atoms with Gasteiger partial charge in [0, 0.05) is 21.2 Å². The number of carboxylic acid groups (broad SMARTS) is 1. The van der Waals surface area contributed by atoms with Gasteiger partial charge in [-0.25, -0.2) is 0 Å². The highest BCUT2D eigenvalue weighted by Gasteiger charge is 2.35. The van der Waals surface area contributed by atoms with Crippen molar-refractivity contribution >= 4 is 45.1 Å². The van der Waals surface area contributed by atoms with Gasteiger partial charge in [-0.1, -0.05) is 60.2 Å². The van der Waals surface area contributed by atoms with Gasteiger partial charge in [-0.05, 0) is 30.4 Å². The predicted molar refractivity (Wildman–Crippen MR) is 105 cm³/mol. The van der Waals surface area contributed by atoms with E-state index in [0.29, 0.717) is 23.6 Å². The molecule has 3 aromatic carbocycles. The minimum absolute atomic E-state index is 0.331. The van der Waals surface area contributed by atoms with Gasteiger partial charge in [-0.15, -0.1) is 0 Å². The standard InChI is InChI=1S/C22H17ClO4/c23-19-11-5-10-15-18(19)12-13-6-1-2-7-14(13)20(15)27-22(26)17-9-4-3-8-16(17)21(24)25/h1-7,10-12,16-17H,8-9H2,(H,24,25). The zero-order valence-corrected chi connectivity index (χ0v) is 15.1. The number of fused-ring (bicyclic) bond motifs is 2. The van der Waals surface area contributed by atoms with Crippen LogP contribution in [0, 0.1) is 11.8 Å². The van der Waals surface area contributed by atoms with Crippen molar-refractivity contribution in [3.8, 4) is 5.75 Å². The molecule has 5 heteroatoms. The topological polar surface area (TPSA) is 63.6 Å². The van der Waals surface area contributed by atoms with Crippen molar-refractivity contribution in [2.24, 2.45) is 11.8 Å². The van der Waals surface area contributed by atoms with Crippen LogP contribution in [0.25, 0.3) is 21.5 Å². The van der Waals surface area contributed by atoms with Crippen molar-refractivity contribution in [3.05, 3.63) is 65.7 Å². The first-order valence-electron chi connectivity index (χ1n) is 8.75. The number of benzene rings is 3. The fourth-order valence-corrected chi connectivity index (χ4v) is 3.87. The molecule has 0 aromatic heterocycles. The van der Waals surface area contributed by atoms with E-state index in [-0.39, 0.29) is 0 Å². The van der Waals surface area contributed by atoms with Crippen LogP contribution in [0.1, 0.15) is 12.8 Å². The molecule has 1 aliphatic carbocycles. The summed E-state index contributed by atoms with van der Waals surface area (Å²) in [6.45, 7) is 0. The normalized spacial score (nSPS) is 19.3. The van der Waals surface area contributed by atoms with Crippen LogP contribution in [-0.2, 0) is 9.59 Å². The monoisotopic (exact) mass is 380 g/mol. The van der Waals surface area contributed by atoms with Crippen LogP contribution >= 0.6 is 11.6 Å². The number of hydrogen-bond donors (Lipinski definition) is 1. The van der Waals surface area contributed by atoms with E-state index in [4.69, 9.17) is 16.3 Å². The molecular weight excluding hydrogens is 364 g/mol. The van der Waals surface area contributed by atoms with E-state index < -0.39 is 23.8 Å². The molecule has 1 N–H and O–H groups in total. The van der Waals surface area contributed by atoms with Gasteiger partial charge in [0.05, 0.1) is 11.8 Å².